The van der Waals surface area contributed by atoms with Crippen LogP contribution in [0.3, 0.4) is 0 Å². The summed E-state index contributed by atoms with van der Waals surface area (Å²) in [6, 6.07) is 0.145. The third kappa shape index (κ3) is 2.80. The third-order valence-corrected chi connectivity index (χ3v) is 3.34. The van der Waals surface area contributed by atoms with E-state index in [1.165, 1.54) is 0 Å². The van der Waals surface area contributed by atoms with Crippen LogP contribution in [0.25, 0.3) is 0 Å². The van der Waals surface area contributed by atoms with Gasteiger partial charge in [0, 0.05) is 7.05 Å². The fourth-order valence-corrected chi connectivity index (χ4v) is 2.50. The molecule has 1 rings (SSSR count). The third-order valence-electron chi connectivity index (χ3n) is 2.72. The summed E-state index contributed by atoms with van der Waals surface area (Å²) in [7, 11) is 1.93. The molecule has 4 nitrogen and oxygen atoms in total. The molecule has 1 heterocycles. The summed E-state index contributed by atoms with van der Waals surface area (Å²) in [5.74, 6) is 6.11. The first kappa shape index (κ1) is 12.7. The van der Waals surface area contributed by atoms with E-state index in [0.717, 1.165) is 23.0 Å². The second-order valence-corrected chi connectivity index (χ2v) is 4.77. The SMILES string of the molecule is CCCC(C)C(NN)c1c(Br)cnn1C. The van der Waals surface area contributed by atoms with E-state index < -0.39 is 0 Å². The van der Waals surface area contributed by atoms with Crippen molar-refractivity contribution in [1.29, 1.82) is 0 Å². The maximum Gasteiger partial charge on any atom is 0.0708 e. The molecule has 0 bridgehead atoms. The van der Waals surface area contributed by atoms with E-state index in [1.54, 1.807) is 6.20 Å². The van der Waals surface area contributed by atoms with Gasteiger partial charge in [0.05, 0.1) is 22.4 Å². The molecule has 2 atom stereocenters. The summed E-state index contributed by atoms with van der Waals surface area (Å²) >= 11 is 3.50. The lowest BCUT2D eigenvalue weighted by atomic mass is 9.95. The molecule has 86 valence electrons. The molecule has 1 aromatic heterocycles. The van der Waals surface area contributed by atoms with E-state index in [-0.39, 0.29) is 6.04 Å². The van der Waals surface area contributed by atoms with Crippen LogP contribution < -0.4 is 11.3 Å². The van der Waals surface area contributed by atoms with Crippen molar-refractivity contribution in [2.75, 3.05) is 0 Å². The van der Waals surface area contributed by atoms with E-state index in [4.69, 9.17) is 5.84 Å². The minimum Gasteiger partial charge on any atom is -0.271 e. The van der Waals surface area contributed by atoms with Crippen molar-refractivity contribution in [3.05, 3.63) is 16.4 Å². The molecule has 0 radical (unpaired) electrons. The van der Waals surface area contributed by atoms with Gasteiger partial charge in [-0.2, -0.15) is 5.10 Å². The Morgan fingerprint density at radius 3 is 2.73 bits per heavy atom. The molecule has 0 aliphatic heterocycles. The van der Waals surface area contributed by atoms with Crippen LogP contribution >= 0.6 is 15.9 Å². The maximum atomic E-state index is 5.62. The highest BCUT2D eigenvalue weighted by Crippen LogP contribution is 2.29. The van der Waals surface area contributed by atoms with Gasteiger partial charge in [0.25, 0.3) is 0 Å². The summed E-state index contributed by atoms with van der Waals surface area (Å²) in [4.78, 5) is 0. The molecular formula is C10H19BrN4. The van der Waals surface area contributed by atoms with Gasteiger partial charge in [-0.25, -0.2) is 0 Å². The first-order chi connectivity index (χ1) is 7.11. The minimum absolute atomic E-state index is 0.145. The van der Waals surface area contributed by atoms with Gasteiger partial charge in [-0.3, -0.25) is 16.0 Å². The van der Waals surface area contributed by atoms with Gasteiger partial charge in [0.2, 0.25) is 0 Å². The van der Waals surface area contributed by atoms with Crippen molar-refractivity contribution in [3.63, 3.8) is 0 Å². The van der Waals surface area contributed by atoms with E-state index in [2.05, 4.69) is 40.3 Å². The number of nitrogens with zero attached hydrogens (tertiary/aromatic N) is 2. The van der Waals surface area contributed by atoms with Gasteiger partial charge < -0.3 is 0 Å². The van der Waals surface area contributed by atoms with E-state index in [1.807, 2.05) is 11.7 Å². The number of hydrogen-bond donors (Lipinski definition) is 2. The van der Waals surface area contributed by atoms with Crippen molar-refractivity contribution >= 4 is 15.9 Å². The van der Waals surface area contributed by atoms with Gasteiger partial charge in [0.1, 0.15) is 0 Å². The molecule has 5 heteroatoms. The molecule has 0 amide bonds. The molecule has 1 aromatic rings. The Bertz CT molecular complexity index is 291. The summed E-state index contributed by atoms with van der Waals surface area (Å²) in [6.45, 7) is 4.38. The molecule has 0 aliphatic rings. The lowest BCUT2D eigenvalue weighted by Crippen LogP contribution is -2.34. The topological polar surface area (TPSA) is 55.9 Å². The quantitative estimate of drug-likeness (QED) is 0.639. The number of aromatic nitrogens is 2. The predicted octanol–water partition coefficient (Wildman–Crippen LogP) is 2.12. The number of nitrogens with one attached hydrogen (secondary N) is 1. The molecule has 2 unspecified atom stereocenters. The number of nitrogens with two attached hydrogens (primary N) is 1. The Morgan fingerprint density at radius 2 is 2.33 bits per heavy atom. The first-order valence-electron chi connectivity index (χ1n) is 5.25. The molecule has 0 spiro atoms. The maximum absolute atomic E-state index is 5.62. The number of hydrogen-bond acceptors (Lipinski definition) is 3. The second kappa shape index (κ2) is 5.63. The molecule has 0 saturated carbocycles. The van der Waals surface area contributed by atoms with Crippen molar-refractivity contribution < 1.29 is 0 Å². The summed E-state index contributed by atoms with van der Waals surface area (Å²) in [6.07, 6.45) is 4.11. The lowest BCUT2D eigenvalue weighted by molar-refractivity contribution is 0.350. The Kier molecular flexibility index (Phi) is 4.76. The molecule has 0 aliphatic carbocycles. The van der Waals surface area contributed by atoms with Crippen LogP contribution in [0.15, 0.2) is 10.7 Å². The van der Waals surface area contributed by atoms with Crippen LogP contribution in [-0.2, 0) is 7.05 Å². The van der Waals surface area contributed by atoms with Crippen molar-refractivity contribution in [2.45, 2.75) is 32.7 Å². The zero-order chi connectivity index (χ0) is 11.4. The highest BCUT2D eigenvalue weighted by Gasteiger charge is 2.22. The van der Waals surface area contributed by atoms with Crippen molar-refractivity contribution in [2.24, 2.45) is 18.8 Å². The molecule has 0 saturated heterocycles. The van der Waals surface area contributed by atoms with Gasteiger partial charge in [-0.05, 0) is 28.3 Å². The van der Waals surface area contributed by atoms with Gasteiger partial charge >= 0.3 is 0 Å². The summed E-state index contributed by atoms with van der Waals surface area (Å²) in [5.41, 5.74) is 3.99. The minimum atomic E-state index is 0.145. The van der Waals surface area contributed by atoms with Crippen LogP contribution in [0.1, 0.15) is 38.4 Å². The Balaban J connectivity index is 2.91. The summed E-state index contributed by atoms with van der Waals surface area (Å²) < 4.78 is 2.87. The molecule has 0 fully saturated rings. The van der Waals surface area contributed by atoms with Gasteiger partial charge in [-0.15, -0.1) is 0 Å². The predicted molar refractivity (Wildman–Crippen MR) is 65.0 cm³/mol. The molecule has 3 N–H and O–H groups in total. The smallest absolute Gasteiger partial charge is 0.0708 e. The first-order valence-corrected chi connectivity index (χ1v) is 6.04. The zero-order valence-corrected chi connectivity index (χ0v) is 11.1. The van der Waals surface area contributed by atoms with Crippen LogP contribution in [0.5, 0.6) is 0 Å². The van der Waals surface area contributed by atoms with Gasteiger partial charge in [-0.1, -0.05) is 20.3 Å². The monoisotopic (exact) mass is 274 g/mol. The standard InChI is InChI=1S/C10H19BrN4/c1-4-5-7(2)9(14-12)10-8(11)6-13-15(10)3/h6-7,9,14H,4-5,12H2,1-3H3. The van der Waals surface area contributed by atoms with E-state index in [0.29, 0.717) is 5.92 Å². The highest BCUT2D eigenvalue weighted by molar-refractivity contribution is 9.10. The fraction of sp³-hybridized carbons (Fsp3) is 0.700. The number of aryl methyl sites for hydroxylation is 1. The second-order valence-electron chi connectivity index (χ2n) is 3.91. The van der Waals surface area contributed by atoms with E-state index >= 15 is 0 Å². The average molecular weight is 275 g/mol. The van der Waals surface area contributed by atoms with Crippen molar-refractivity contribution in [3.8, 4) is 0 Å². The van der Waals surface area contributed by atoms with Crippen LogP contribution in [0.2, 0.25) is 0 Å². The Labute approximate surface area is 99.3 Å². The van der Waals surface area contributed by atoms with Gasteiger partial charge in [0.15, 0.2) is 0 Å². The Morgan fingerprint density at radius 1 is 1.67 bits per heavy atom. The number of hydrazine groups is 1. The highest BCUT2D eigenvalue weighted by atomic mass is 79.9. The molecule has 15 heavy (non-hydrogen) atoms. The molecule has 0 aromatic carbocycles. The lowest BCUT2D eigenvalue weighted by Gasteiger charge is -2.23. The van der Waals surface area contributed by atoms with Crippen LogP contribution in [0, 0.1) is 5.92 Å². The number of rotatable bonds is 5. The van der Waals surface area contributed by atoms with Crippen LogP contribution in [-0.4, -0.2) is 9.78 Å². The normalized spacial score (nSPS) is 15.3. The molecular weight excluding hydrogens is 256 g/mol. The van der Waals surface area contributed by atoms with E-state index in [9.17, 15) is 0 Å². The fourth-order valence-electron chi connectivity index (χ4n) is 1.90. The average Bonchev–Trinajstić information content (AvgIpc) is 2.51. The summed E-state index contributed by atoms with van der Waals surface area (Å²) in [5, 5.41) is 4.20. The van der Waals surface area contributed by atoms with Crippen LogP contribution in [0.4, 0.5) is 0 Å². The zero-order valence-electron chi connectivity index (χ0n) is 9.50. The Hall–Kier alpha value is -0.390. The number of halogens is 1. The van der Waals surface area contributed by atoms with Crippen molar-refractivity contribution in [1.82, 2.24) is 15.2 Å². The largest absolute Gasteiger partial charge is 0.271 e.